The van der Waals surface area contributed by atoms with Gasteiger partial charge in [0, 0.05) is 19.6 Å². The Morgan fingerprint density at radius 1 is 0.909 bits per heavy atom. The van der Waals surface area contributed by atoms with Crippen LogP contribution in [0.25, 0.3) is 0 Å². The zero-order valence-corrected chi connectivity index (χ0v) is 15.0. The van der Waals surface area contributed by atoms with E-state index in [1.807, 2.05) is 0 Å². The number of fused-ring (bicyclic) bond motifs is 2. The normalized spacial score (nSPS) is 55.8. The molecule has 6 rings (SSSR count). The van der Waals surface area contributed by atoms with Gasteiger partial charge in [-0.2, -0.15) is 0 Å². The van der Waals surface area contributed by atoms with Crippen LogP contribution in [-0.2, 0) is 0 Å². The maximum atomic E-state index is 2.94. The maximum absolute atomic E-state index is 2.94. The third kappa shape index (κ3) is 1.87. The summed E-state index contributed by atoms with van der Waals surface area (Å²) in [6.45, 7) is 12.0. The maximum Gasteiger partial charge on any atom is 0.00409 e. The molecule has 0 aromatic heterocycles. The van der Waals surface area contributed by atoms with Gasteiger partial charge in [-0.05, 0) is 91.3 Å². The second-order valence-electron chi connectivity index (χ2n) is 11.1. The quantitative estimate of drug-likeness (QED) is 0.696. The Morgan fingerprint density at radius 3 is 2.05 bits per heavy atom. The van der Waals surface area contributed by atoms with Crippen LogP contribution in [-0.4, -0.2) is 24.5 Å². The number of rotatable bonds is 2. The predicted molar refractivity (Wildman–Crippen MR) is 91.7 cm³/mol. The van der Waals surface area contributed by atoms with Gasteiger partial charge in [0.15, 0.2) is 0 Å². The van der Waals surface area contributed by atoms with Crippen molar-refractivity contribution in [1.29, 1.82) is 0 Å². The van der Waals surface area contributed by atoms with Gasteiger partial charge >= 0.3 is 0 Å². The summed E-state index contributed by atoms with van der Waals surface area (Å²) in [5, 5.41) is 0. The van der Waals surface area contributed by atoms with Crippen molar-refractivity contribution in [2.45, 2.75) is 72.1 Å². The lowest BCUT2D eigenvalue weighted by Crippen LogP contribution is -2.57. The number of hydrogen-bond acceptors (Lipinski definition) is 1. The average molecular weight is 302 g/mol. The first-order chi connectivity index (χ1) is 10.4. The molecular formula is C21H35N. The van der Waals surface area contributed by atoms with Crippen molar-refractivity contribution in [2.24, 2.45) is 39.9 Å². The van der Waals surface area contributed by atoms with Gasteiger partial charge in [-0.3, -0.25) is 0 Å². The van der Waals surface area contributed by atoms with E-state index in [1.165, 1.54) is 32.5 Å². The highest BCUT2D eigenvalue weighted by atomic mass is 15.2. The molecule has 6 fully saturated rings. The van der Waals surface area contributed by atoms with E-state index < -0.39 is 0 Å². The molecule has 5 aliphatic carbocycles. The first-order valence-electron chi connectivity index (χ1n) is 10.1. The van der Waals surface area contributed by atoms with E-state index in [1.54, 1.807) is 38.5 Å². The summed E-state index contributed by atoms with van der Waals surface area (Å²) >= 11 is 0. The van der Waals surface area contributed by atoms with E-state index in [9.17, 15) is 0 Å². The highest BCUT2D eigenvalue weighted by Crippen LogP contribution is 2.62. The van der Waals surface area contributed by atoms with Crippen LogP contribution in [0.3, 0.4) is 0 Å². The van der Waals surface area contributed by atoms with Crippen molar-refractivity contribution in [1.82, 2.24) is 4.90 Å². The number of piperidine rings is 1. The van der Waals surface area contributed by atoms with Crippen LogP contribution < -0.4 is 0 Å². The van der Waals surface area contributed by atoms with E-state index in [0.717, 1.165) is 29.1 Å². The summed E-state index contributed by atoms with van der Waals surface area (Å²) in [7, 11) is 0. The topological polar surface area (TPSA) is 3.24 Å². The monoisotopic (exact) mass is 301 g/mol. The van der Waals surface area contributed by atoms with Crippen molar-refractivity contribution in [3.63, 3.8) is 0 Å². The van der Waals surface area contributed by atoms with Gasteiger partial charge in [-0.1, -0.05) is 20.8 Å². The highest BCUT2D eigenvalue weighted by Gasteiger charge is 2.57. The number of likely N-dealkylation sites (tertiary alicyclic amines) is 1. The minimum atomic E-state index is 0.574. The fraction of sp³-hybridized carbons (Fsp3) is 1.00. The molecule has 2 unspecified atom stereocenters. The van der Waals surface area contributed by atoms with Crippen LogP contribution in [0.4, 0.5) is 0 Å². The smallest absolute Gasteiger partial charge is 0.00409 e. The first-order valence-corrected chi connectivity index (χ1v) is 10.1. The molecule has 1 heterocycles. The van der Waals surface area contributed by atoms with Crippen LogP contribution in [0.2, 0.25) is 0 Å². The fourth-order valence-corrected chi connectivity index (χ4v) is 8.22. The molecule has 22 heavy (non-hydrogen) atoms. The Morgan fingerprint density at radius 2 is 1.50 bits per heavy atom. The van der Waals surface area contributed by atoms with Crippen LogP contribution in [0.15, 0.2) is 0 Å². The third-order valence-corrected chi connectivity index (χ3v) is 9.40. The summed E-state index contributed by atoms with van der Waals surface area (Å²) in [6, 6.07) is 0. The minimum Gasteiger partial charge on any atom is -0.302 e. The van der Waals surface area contributed by atoms with Gasteiger partial charge in [-0.15, -0.1) is 0 Å². The molecule has 0 aromatic rings. The minimum absolute atomic E-state index is 0.574. The van der Waals surface area contributed by atoms with Gasteiger partial charge in [0.25, 0.3) is 0 Å². The summed E-state index contributed by atoms with van der Waals surface area (Å²) < 4.78 is 0. The van der Waals surface area contributed by atoms with Crippen molar-refractivity contribution < 1.29 is 0 Å². The van der Waals surface area contributed by atoms with E-state index in [4.69, 9.17) is 0 Å². The summed E-state index contributed by atoms with van der Waals surface area (Å²) in [6.07, 6.45) is 12.5. The molecule has 1 aliphatic heterocycles. The summed E-state index contributed by atoms with van der Waals surface area (Å²) in [5.41, 5.74) is 1.90. The predicted octanol–water partition coefficient (Wildman–Crippen LogP) is 4.96. The van der Waals surface area contributed by atoms with E-state index >= 15 is 0 Å². The SMILES string of the molecule is CC12CCC(CN(CC34CC5CC(CC(C5)C3)C4)C1)C2(C)C. The second kappa shape index (κ2) is 4.32. The number of nitrogens with zero attached hydrogens (tertiary/aromatic N) is 1. The molecule has 2 atom stereocenters. The Balaban J connectivity index is 1.35. The molecule has 0 aromatic carbocycles. The molecule has 6 bridgehead atoms. The standard InChI is InChI=1S/C21H35N/c1-19(2)18-4-5-20(19,3)13-22(12-18)14-21-9-15-6-16(10-21)8-17(7-15)11-21/h15-18H,4-14H2,1-3H3. The van der Waals surface area contributed by atoms with Gasteiger partial charge in [0.1, 0.15) is 0 Å². The summed E-state index contributed by atoms with van der Waals surface area (Å²) in [5.74, 6) is 4.29. The molecule has 1 saturated heterocycles. The molecule has 0 N–H and O–H groups in total. The molecule has 6 aliphatic rings. The first kappa shape index (κ1) is 14.3. The number of hydrogen-bond donors (Lipinski definition) is 0. The van der Waals surface area contributed by atoms with Gasteiger partial charge in [0.2, 0.25) is 0 Å². The Labute approximate surface area is 137 Å². The van der Waals surface area contributed by atoms with Crippen molar-refractivity contribution in [3.05, 3.63) is 0 Å². The average Bonchev–Trinajstić information content (AvgIpc) is 2.55. The largest absolute Gasteiger partial charge is 0.302 e. The summed E-state index contributed by atoms with van der Waals surface area (Å²) in [4.78, 5) is 2.94. The van der Waals surface area contributed by atoms with Crippen LogP contribution in [0.5, 0.6) is 0 Å². The second-order valence-corrected chi connectivity index (χ2v) is 11.1. The lowest BCUT2D eigenvalue weighted by molar-refractivity contribution is -0.0940. The Kier molecular flexibility index (Phi) is 2.81. The zero-order valence-electron chi connectivity index (χ0n) is 15.0. The Bertz CT molecular complexity index is 443. The molecule has 0 radical (unpaired) electrons. The molecule has 0 spiro atoms. The van der Waals surface area contributed by atoms with Crippen LogP contribution in [0.1, 0.15) is 72.1 Å². The van der Waals surface area contributed by atoms with Gasteiger partial charge < -0.3 is 4.90 Å². The zero-order chi connectivity index (χ0) is 15.2. The third-order valence-electron chi connectivity index (χ3n) is 9.40. The highest BCUT2D eigenvalue weighted by molar-refractivity contribution is 5.08. The molecule has 5 saturated carbocycles. The van der Waals surface area contributed by atoms with Crippen molar-refractivity contribution >= 4 is 0 Å². The van der Waals surface area contributed by atoms with E-state index in [-0.39, 0.29) is 0 Å². The molecule has 0 amide bonds. The van der Waals surface area contributed by atoms with E-state index in [0.29, 0.717) is 10.8 Å². The molecular weight excluding hydrogens is 266 g/mol. The fourth-order valence-electron chi connectivity index (χ4n) is 8.22. The lowest BCUT2D eigenvalue weighted by atomic mass is 9.49. The molecule has 124 valence electrons. The molecule has 1 nitrogen and oxygen atoms in total. The molecule has 1 heteroatoms. The van der Waals surface area contributed by atoms with E-state index in [2.05, 4.69) is 25.7 Å². The Hall–Kier alpha value is -0.0400. The lowest BCUT2D eigenvalue weighted by Gasteiger charge is -2.59. The van der Waals surface area contributed by atoms with Crippen LogP contribution in [0, 0.1) is 39.9 Å². The van der Waals surface area contributed by atoms with Crippen molar-refractivity contribution in [3.8, 4) is 0 Å². The van der Waals surface area contributed by atoms with Gasteiger partial charge in [-0.25, -0.2) is 0 Å². The van der Waals surface area contributed by atoms with Gasteiger partial charge in [0.05, 0.1) is 0 Å². The van der Waals surface area contributed by atoms with Crippen molar-refractivity contribution in [2.75, 3.05) is 19.6 Å². The van der Waals surface area contributed by atoms with Crippen LogP contribution >= 0.6 is 0 Å².